The zero-order chi connectivity index (χ0) is 25.6. The Kier molecular flexibility index (Phi) is 5.76. The molecule has 2 heterocycles. The van der Waals surface area contributed by atoms with Gasteiger partial charge in [0.1, 0.15) is 5.75 Å². The van der Waals surface area contributed by atoms with Crippen LogP contribution in [0.5, 0.6) is 11.5 Å². The van der Waals surface area contributed by atoms with E-state index in [9.17, 15) is 14.7 Å². The second-order valence-corrected chi connectivity index (χ2v) is 8.65. The van der Waals surface area contributed by atoms with E-state index in [2.05, 4.69) is 0 Å². The summed E-state index contributed by atoms with van der Waals surface area (Å²) in [5, 5.41) is 11.7. The lowest BCUT2D eigenvalue weighted by Gasteiger charge is -2.28. The topological polar surface area (TPSA) is 89.2 Å². The van der Waals surface area contributed by atoms with Crippen molar-refractivity contribution in [2.45, 2.75) is 19.9 Å². The second-order valence-electron chi connectivity index (χ2n) is 8.65. The molecule has 1 aliphatic rings. The fourth-order valence-electron chi connectivity index (χ4n) is 4.63. The van der Waals surface area contributed by atoms with Crippen molar-refractivity contribution in [3.8, 4) is 11.5 Å². The lowest BCUT2D eigenvalue weighted by Crippen LogP contribution is -2.31. The monoisotopic (exact) mass is 483 g/mol. The fourth-order valence-corrected chi connectivity index (χ4v) is 4.63. The first-order chi connectivity index (χ1) is 17.3. The van der Waals surface area contributed by atoms with Crippen molar-refractivity contribution in [2.75, 3.05) is 19.1 Å². The molecule has 1 atom stereocenters. The molecule has 1 N–H and O–H groups in total. The van der Waals surface area contributed by atoms with Crippen LogP contribution >= 0.6 is 0 Å². The standard InChI is InChI=1S/C29H25NO6/c1-16-7-5-9-21(17(16)2)30-25(18-11-13-20(34-3)14-12-18)24(27(32)29(30)33)26(31)23-15-19-8-6-10-22(35-4)28(19)36-23/h5-15,25,32H,1-4H3. The Labute approximate surface area is 208 Å². The van der Waals surface area contributed by atoms with Gasteiger partial charge in [-0.25, -0.2) is 0 Å². The van der Waals surface area contributed by atoms with Gasteiger partial charge >= 0.3 is 0 Å². The number of amides is 1. The Bertz CT molecular complexity index is 1530. The van der Waals surface area contributed by atoms with Gasteiger partial charge in [0.25, 0.3) is 5.91 Å². The number of aliphatic hydroxyl groups excluding tert-OH is 1. The maximum Gasteiger partial charge on any atom is 0.294 e. The fraction of sp³-hybridized carbons (Fsp3) is 0.172. The first kappa shape index (κ1) is 23.2. The number of benzene rings is 3. The summed E-state index contributed by atoms with van der Waals surface area (Å²) < 4.78 is 16.5. The van der Waals surface area contributed by atoms with Gasteiger partial charge in [-0.05, 0) is 60.9 Å². The molecule has 0 fully saturated rings. The molecule has 0 saturated heterocycles. The smallest absolute Gasteiger partial charge is 0.294 e. The van der Waals surface area contributed by atoms with Crippen molar-refractivity contribution >= 4 is 28.3 Å². The number of hydrogen-bond donors (Lipinski definition) is 1. The van der Waals surface area contributed by atoms with Crippen molar-refractivity contribution in [2.24, 2.45) is 0 Å². The summed E-state index contributed by atoms with van der Waals surface area (Å²) >= 11 is 0. The van der Waals surface area contributed by atoms with Crippen molar-refractivity contribution < 1.29 is 28.6 Å². The van der Waals surface area contributed by atoms with Crippen molar-refractivity contribution in [3.05, 3.63) is 101 Å². The van der Waals surface area contributed by atoms with Crippen molar-refractivity contribution in [3.63, 3.8) is 0 Å². The number of rotatable bonds is 6. The van der Waals surface area contributed by atoms with E-state index in [4.69, 9.17) is 13.9 Å². The molecular formula is C29H25NO6. The van der Waals surface area contributed by atoms with E-state index in [-0.39, 0.29) is 11.3 Å². The Morgan fingerprint density at radius 1 is 0.972 bits per heavy atom. The highest BCUT2D eigenvalue weighted by atomic mass is 16.5. The van der Waals surface area contributed by atoms with Gasteiger partial charge in [-0.1, -0.05) is 36.4 Å². The molecule has 36 heavy (non-hydrogen) atoms. The van der Waals surface area contributed by atoms with Gasteiger partial charge in [0, 0.05) is 11.1 Å². The third kappa shape index (κ3) is 3.60. The van der Waals surface area contributed by atoms with E-state index in [1.54, 1.807) is 55.6 Å². The number of aliphatic hydroxyl groups is 1. The Morgan fingerprint density at radius 3 is 2.39 bits per heavy atom. The minimum Gasteiger partial charge on any atom is -0.503 e. The molecule has 0 radical (unpaired) electrons. The van der Waals surface area contributed by atoms with Gasteiger partial charge in [0.15, 0.2) is 22.9 Å². The number of ketones is 1. The predicted molar refractivity (Wildman–Crippen MR) is 136 cm³/mol. The molecule has 0 saturated carbocycles. The molecule has 7 heteroatoms. The van der Waals surface area contributed by atoms with Gasteiger partial charge in [0.05, 0.1) is 25.8 Å². The summed E-state index contributed by atoms with van der Waals surface area (Å²) in [4.78, 5) is 28.8. The average Bonchev–Trinajstić information content (AvgIpc) is 3.44. The van der Waals surface area contributed by atoms with Gasteiger partial charge in [-0.2, -0.15) is 0 Å². The minimum absolute atomic E-state index is 0.00479. The van der Waals surface area contributed by atoms with Crippen LogP contribution in [-0.4, -0.2) is 31.0 Å². The largest absolute Gasteiger partial charge is 0.503 e. The molecule has 0 spiro atoms. The number of ether oxygens (including phenoxy) is 2. The Balaban J connectivity index is 1.68. The van der Waals surface area contributed by atoms with E-state index in [0.29, 0.717) is 33.7 Å². The summed E-state index contributed by atoms with van der Waals surface area (Å²) in [6, 6.07) is 18.7. The Hall–Kier alpha value is -4.52. The van der Waals surface area contributed by atoms with Crippen LogP contribution in [-0.2, 0) is 4.79 Å². The number of aryl methyl sites for hydroxylation is 1. The van der Waals surface area contributed by atoms with E-state index in [0.717, 1.165) is 11.1 Å². The SMILES string of the molecule is COc1ccc(C2C(C(=O)c3cc4cccc(OC)c4o3)=C(O)C(=O)N2c2cccc(C)c2C)cc1. The molecule has 1 aliphatic heterocycles. The lowest BCUT2D eigenvalue weighted by atomic mass is 9.94. The number of Topliss-reactive ketones (excluding diaryl/α,β-unsaturated/α-hetero) is 1. The van der Waals surface area contributed by atoms with Gasteiger partial charge in [0.2, 0.25) is 5.78 Å². The van der Waals surface area contributed by atoms with Crippen LogP contribution in [0.1, 0.15) is 33.3 Å². The lowest BCUT2D eigenvalue weighted by molar-refractivity contribution is -0.117. The number of methoxy groups -OCH3 is 2. The molecule has 0 bridgehead atoms. The molecule has 182 valence electrons. The number of hydrogen-bond acceptors (Lipinski definition) is 6. The molecule has 7 nitrogen and oxygen atoms in total. The molecule has 1 amide bonds. The van der Waals surface area contributed by atoms with Crippen LogP contribution in [0.3, 0.4) is 0 Å². The maximum absolute atomic E-state index is 13.9. The van der Waals surface area contributed by atoms with Crippen LogP contribution < -0.4 is 14.4 Å². The highest BCUT2D eigenvalue weighted by Crippen LogP contribution is 2.44. The molecule has 4 aromatic rings. The molecule has 0 aliphatic carbocycles. The predicted octanol–water partition coefficient (Wildman–Crippen LogP) is 5.85. The maximum atomic E-state index is 13.9. The number of anilines is 1. The summed E-state index contributed by atoms with van der Waals surface area (Å²) in [5.41, 5.74) is 3.48. The third-order valence-electron chi connectivity index (χ3n) is 6.67. The number of carbonyl (C=O) groups is 2. The van der Waals surface area contributed by atoms with E-state index >= 15 is 0 Å². The van der Waals surface area contributed by atoms with E-state index in [1.165, 1.54) is 12.0 Å². The molecule has 1 unspecified atom stereocenters. The summed E-state index contributed by atoms with van der Waals surface area (Å²) in [6.45, 7) is 3.86. The second kappa shape index (κ2) is 8.92. The summed E-state index contributed by atoms with van der Waals surface area (Å²) in [7, 11) is 3.08. The molecular weight excluding hydrogens is 458 g/mol. The normalized spacial score (nSPS) is 15.6. The number of carbonyl (C=O) groups excluding carboxylic acids is 2. The zero-order valence-electron chi connectivity index (χ0n) is 20.4. The third-order valence-corrected chi connectivity index (χ3v) is 6.67. The van der Waals surface area contributed by atoms with Crippen LogP contribution in [0.15, 0.2) is 82.5 Å². The summed E-state index contributed by atoms with van der Waals surface area (Å²) in [5.74, 6) is -0.712. The van der Waals surface area contributed by atoms with Crippen LogP contribution in [0.4, 0.5) is 5.69 Å². The minimum atomic E-state index is -0.869. The van der Waals surface area contributed by atoms with Crippen LogP contribution in [0.25, 0.3) is 11.0 Å². The molecule has 3 aromatic carbocycles. The zero-order valence-corrected chi connectivity index (χ0v) is 20.4. The quantitative estimate of drug-likeness (QED) is 0.346. The van der Waals surface area contributed by atoms with Crippen molar-refractivity contribution in [1.82, 2.24) is 0 Å². The number of nitrogens with zero attached hydrogens (tertiary/aromatic N) is 1. The van der Waals surface area contributed by atoms with Crippen LogP contribution in [0.2, 0.25) is 0 Å². The van der Waals surface area contributed by atoms with Crippen LogP contribution in [0, 0.1) is 13.8 Å². The molecule has 1 aromatic heterocycles. The Morgan fingerprint density at radius 2 is 1.69 bits per heavy atom. The van der Waals surface area contributed by atoms with Gasteiger partial charge in [-0.15, -0.1) is 0 Å². The summed E-state index contributed by atoms with van der Waals surface area (Å²) in [6.07, 6.45) is 0. The van der Waals surface area contributed by atoms with E-state index < -0.39 is 23.5 Å². The highest BCUT2D eigenvalue weighted by Gasteiger charge is 2.46. The van der Waals surface area contributed by atoms with Gasteiger partial charge in [-0.3, -0.25) is 14.5 Å². The number of fused-ring (bicyclic) bond motifs is 1. The number of para-hydroxylation sites is 1. The highest BCUT2D eigenvalue weighted by molar-refractivity contribution is 6.21. The van der Waals surface area contributed by atoms with Crippen molar-refractivity contribution in [1.29, 1.82) is 0 Å². The average molecular weight is 484 g/mol. The molecule has 5 rings (SSSR count). The first-order valence-corrected chi connectivity index (χ1v) is 11.4. The van der Waals surface area contributed by atoms with E-state index in [1.807, 2.05) is 32.0 Å². The van der Waals surface area contributed by atoms with Gasteiger partial charge < -0.3 is 19.0 Å². The first-order valence-electron chi connectivity index (χ1n) is 11.4. The number of furan rings is 1.